The lowest BCUT2D eigenvalue weighted by Crippen LogP contribution is -2.86. The monoisotopic (exact) mass is 349 g/mol. The van der Waals surface area contributed by atoms with Gasteiger partial charge in [0.25, 0.3) is 0 Å². The molecule has 0 aliphatic carbocycles. The summed E-state index contributed by atoms with van der Waals surface area (Å²) in [7, 11) is 0. The number of carbonyl (C=O) groups excluding carboxylic acids is 1. The molecule has 0 aromatic heterocycles. The van der Waals surface area contributed by atoms with Crippen molar-refractivity contribution in [3.05, 3.63) is 34.9 Å². The van der Waals surface area contributed by atoms with Crippen molar-refractivity contribution < 1.29 is 9.53 Å². The first-order valence-corrected chi connectivity index (χ1v) is 9.06. The Morgan fingerprint density at radius 3 is 2.79 bits per heavy atom. The third kappa shape index (κ3) is 2.37. The van der Waals surface area contributed by atoms with Crippen molar-refractivity contribution in [3.8, 4) is 0 Å². The normalized spacial score (nSPS) is 31.9. The van der Waals surface area contributed by atoms with Gasteiger partial charge in [-0.25, -0.2) is 0 Å². The lowest BCUT2D eigenvalue weighted by atomic mass is 9.72. The van der Waals surface area contributed by atoms with Crippen molar-refractivity contribution in [2.75, 3.05) is 26.2 Å². The molecule has 0 bridgehead atoms. The molecular formula is C18H24ClN3O2. The second-order valence-electron chi connectivity index (χ2n) is 7.34. The quantitative estimate of drug-likeness (QED) is 0.843. The summed E-state index contributed by atoms with van der Waals surface area (Å²) in [6.45, 7) is 7.18. The summed E-state index contributed by atoms with van der Waals surface area (Å²) in [6.07, 6.45) is 0. The number of rotatable bonds is 5. The van der Waals surface area contributed by atoms with Gasteiger partial charge >= 0.3 is 0 Å². The zero-order valence-corrected chi connectivity index (χ0v) is 14.8. The number of hydrogen-bond donors (Lipinski definition) is 2. The smallest absolute Gasteiger partial charge is 0.232 e. The van der Waals surface area contributed by atoms with Crippen LogP contribution in [0.2, 0.25) is 5.02 Å². The van der Waals surface area contributed by atoms with Crippen LogP contribution in [-0.4, -0.2) is 60.8 Å². The Morgan fingerprint density at radius 1 is 1.42 bits per heavy atom. The van der Waals surface area contributed by atoms with Gasteiger partial charge in [0.1, 0.15) is 5.60 Å². The zero-order valence-electron chi connectivity index (χ0n) is 14.1. The molecular weight excluding hydrogens is 326 g/mol. The fourth-order valence-corrected chi connectivity index (χ4v) is 4.35. The number of morpholine rings is 1. The topological polar surface area (TPSA) is 53.6 Å². The molecule has 24 heavy (non-hydrogen) atoms. The number of ether oxygens (including phenoxy) is 1. The van der Waals surface area contributed by atoms with Crippen LogP contribution in [0.5, 0.6) is 0 Å². The summed E-state index contributed by atoms with van der Waals surface area (Å²) < 4.78 is 5.83. The zero-order chi connectivity index (χ0) is 16.9. The summed E-state index contributed by atoms with van der Waals surface area (Å²) in [5.74, 6) is 0.00645. The van der Waals surface area contributed by atoms with Crippen LogP contribution in [0.15, 0.2) is 24.3 Å². The summed E-state index contributed by atoms with van der Waals surface area (Å²) in [4.78, 5) is 15.4. The molecule has 4 rings (SSSR count). The van der Waals surface area contributed by atoms with Gasteiger partial charge in [-0.3, -0.25) is 4.79 Å². The van der Waals surface area contributed by atoms with E-state index in [2.05, 4.69) is 29.4 Å². The summed E-state index contributed by atoms with van der Waals surface area (Å²) in [5.41, 5.74) is 0.910. The largest absolute Gasteiger partial charge is 0.367 e. The number of carbonyl (C=O) groups is 1. The van der Waals surface area contributed by atoms with Crippen molar-refractivity contribution in [2.24, 2.45) is 0 Å². The standard InChI is InChI=1S/C18H24ClN3O2/c1-11(2)21-7-14(12-3-5-13(19)6-4-12)17(23)22-15-8-20-10-18(15)16(22)9-24-18/h3-6,11,14-16,20-21H,7-10H2,1-2H3/t14-,15?,16?,18?/m1/s1. The molecule has 1 amide bonds. The fourth-order valence-electron chi connectivity index (χ4n) is 4.22. The van der Waals surface area contributed by atoms with E-state index in [4.69, 9.17) is 16.3 Å². The predicted octanol–water partition coefficient (Wildman–Crippen LogP) is 1.37. The van der Waals surface area contributed by atoms with Crippen LogP contribution in [0.25, 0.3) is 0 Å². The Labute approximate surface area is 147 Å². The maximum Gasteiger partial charge on any atom is 0.232 e. The Morgan fingerprint density at radius 2 is 2.17 bits per heavy atom. The van der Waals surface area contributed by atoms with Crippen molar-refractivity contribution in [3.63, 3.8) is 0 Å². The van der Waals surface area contributed by atoms with Crippen molar-refractivity contribution in [2.45, 2.75) is 43.5 Å². The lowest BCUT2D eigenvalue weighted by molar-refractivity contribution is -0.297. The molecule has 3 heterocycles. The van der Waals surface area contributed by atoms with E-state index in [0.29, 0.717) is 24.2 Å². The highest BCUT2D eigenvalue weighted by molar-refractivity contribution is 6.30. The van der Waals surface area contributed by atoms with Gasteiger partial charge in [0.15, 0.2) is 0 Å². The number of amides is 1. The number of nitrogens with one attached hydrogen (secondary N) is 2. The first-order chi connectivity index (χ1) is 11.5. The second-order valence-corrected chi connectivity index (χ2v) is 7.78. The van der Waals surface area contributed by atoms with Gasteiger partial charge in [-0.2, -0.15) is 0 Å². The molecule has 3 fully saturated rings. The molecule has 4 atom stereocenters. The Kier molecular flexibility index (Phi) is 4.07. The number of nitrogens with zero attached hydrogens (tertiary/aromatic N) is 1. The Hall–Kier alpha value is -1.14. The van der Waals surface area contributed by atoms with Gasteiger partial charge in [-0.05, 0) is 17.7 Å². The van der Waals surface area contributed by atoms with Gasteiger partial charge in [0, 0.05) is 30.7 Å². The number of likely N-dealkylation sites (tertiary alicyclic amines) is 1. The molecule has 5 nitrogen and oxygen atoms in total. The van der Waals surface area contributed by atoms with Crippen molar-refractivity contribution in [1.29, 1.82) is 0 Å². The van der Waals surface area contributed by atoms with E-state index in [0.717, 1.165) is 18.7 Å². The molecule has 3 unspecified atom stereocenters. The molecule has 0 saturated carbocycles. The first-order valence-electron chi connectivity index (χ1n) is 8.68. The lowest BCUT2D eigenvalue weighted by Gasteiger charge is -2.66. The van der Waals surface area contributed by atoms with E-state index < -0.39 is 0 Å². The van der Waals surface area contributed by atoms with Gasteiger partial charge in [-0.15, -0.1) is 0 Å². The van der Waals surface area contributed by atoms with E-state index in [1.807, 2.05) is 24.3 Å². The van der Waals surface area contributed by atoms with Crippen molar-refractivity contribution >= 4 is 17.5 Å². The third-order valence-corrected chi connectivity index (χ3v) is 5.86. The van der Waals surface area contributed by atoms with Crippen molar-refractivity contribution in [1.82, 2.24) is 15.5 Å². The first kappa shape index (κ1) is 16.3. The highest BCUT2D eigenvalue weighted by Gasteiger charge is 2.71. The predicted molar refractivity (Wildman–Crippen MR) is 93.3 cm³/mol. The third-order valence-electron chi connectivity index (χ3n) is 5.60. The minimum absolute atomic E-state index is 0.105. The molecule has 3 saturated heterocycles. The van der Waals surface area contributed by atoms with E-state index in [-0.39, 0.29) is 29.5 Å². The van der Waals surface area contributed by atoms with Gasteiger partial charge < -0.3 is 20.3 Å². The van der Waals surface area contributed by atoms with Gasteiger partial charge in [-0.1, -0.05) is 37.6 Å². The molecule has 3 aliphatic rings. The molecule has 0 radical (unpaired) electrons. The molecule has 3 aliphatic heterocycles. The molecule has 1 aromatic carbocycles. The molecule has 130 valence electrons. The molecule has 6 heteroatoms. The van der Waals surface area contributed by atoms with Gasteiger partial charge in [0.2, 0.25) is 5.91 Å². The summed E-state index contributed by atoms with van der Waals surface area (Å²) in [6, 6.07) is 8.39. The molecule has 1 aromatic rings. The maximum atomic E-state index is 13.3. The summed E-state index contributed by atoms with van der Waals surface area (Å²) >= 11 is 6.01. The Bertz CT molecular complexity index is 636. The van der Waals surface area contributed by atoms with Crippen LogP contribution < -0.4 is 10.6 Å². The van der Waals surface area contributed by atoms with E-state index in [9.17, 15) is 4.79 Å². The van der Waals surface area contributed by atoms with Crippen LogP contribution in [0, 0.1) is 0 Å². The van der Waals surface area contributed by atoms with E-state index >= 15 is 0 Å². The maximum absolute atomic E-state index is 13.3. The summed E-state index contributed by atoms with van der Waals surface area (Å²) in [5, 5.41) is 7.48. The minimum atomic E-state index is -0.191. The SMILES string of the molecule is CC(C)NC[C@@H](C(=O)N1C2CNCC23OCC13)c1ccc(Cl)cc1. The number of hydrogen-bond acceptors (Lipinski definition) is 4. The van der Waals surface area contributed by atoms with Gasteiger partial charge in [0.05, 0.1) is 24.6 Å². The number of halogens is 1. The van der Waals surface area contributed by atoms with Crippen LogP contribution >= 0.6 is 11.6 Å². The minimum Gasteiger partial charge on any atom is -0.367 e. The average molecular weight is 350 g/mol. The Balaban J connectivity index is 1.56. The second kappa shape index (κ2) is 5.99. The molecule has 2 N–H and O–H groups in total. The van der Waals surface area contributed by atoms with Crippen LogP contribution in [0.3, 0.4) is 0 Å². The van der Waals surface area contributed by atoms with E-state index in [1.165, 1.54) is 0 Å². The fraction of sp³-hybridized carbons (Fsp3) is 0.611. The van der Waals surface area contributed by atoms with E-state index in [1.54, 1.807) is 0 Å². The highest BCUT2D eigenvalue weighted by atomic mass is 35.5. The highest BCUT2D eigenvalue weighted by Crippen LogP contribution is 2.50. The van der Waals surface area contributed by atoms with Crippen LogP contribution in [-0.2, 0) is 9.53 Å². The van der Waals surface area contributed by atoms with Crippen LogP contribution in [0.4, 0.5) is 0 Å². The number of benzene rings is 1. The van der Waals surface area contributed by atoms with Crippen LogP contribution in [0.1, 0.15) is 25.3 Å². The molecule has 1 spiro atoms. The average Bonchev–Trinajstić information content (AvgIpc) is 2.96.